The molecular formula is C23H19BrClN3O5S. The number of aryl methyl sites for hydroxylation is 1. The van der Waals surface area contributed by atoms with Gasteiger partial charge in [-0.05, 0) is 61.5 Å². The highest BCUT2D eigenvalue weighted by Gasteiger charge is 2.15. The van der Waals surface area contributed by atoms with Gasteiger partial charge in [0.1, 0.15) is 5.75 Å². The number of nitrogens with zero attached hydrogens (tertiary/aromatic N) is 1. The number of nitrogens with one attached hydrogen (secondary N) is 2. The number of sulfonamides is 1. The number of hydrogen-bond acceptors (Lipinski definition) is 6. The fraction of sp³-hybridized carbons (Fsp3) is 0.0870. The van der Waals surface area contributed by atoms with Crippen LogP contribution in [0.1, 0.15) is 21.5 Å². The average Bonchev–Trinajstić information content (AvgIpc) is 2.80. The summed E-state index contributed by atoms with van der Waals surface area (Å²) in [5, 5.41) is 4.22. The molecule has 0 atom stereocenters. The number of ether oxygens (including phenoxy) is 1. The second kappa shape index (κ2) is 11.4. The fourth-order valence-corrected chi connectivity index (χ4v) is 4.12. The lowest BCUT2D eigenvalue weighted by molar-refractivity contribution is -0.119. The van der Waals surface area contributed by atoms with Crippen LogP contribution in [0, 0.1) is 6.92 Å². The number of benzene rings is 3. The smallest absolute Gasteiger partial charge is 0.343 e. The van der Waals surface area contributed by atoms with Gasteiger partial charge in [0.2, 0.25) is 10.0 Å². The number of carbonyl (C=O) groups is 2. The summed E-state index contributed by atoms with van der Waals surface area (Å²) in [6.45, 7) is 1.38. The number of halogens is 2. The van der Waals surface area contributed by atoms with E-state index in [4.69, 9.17) is 16.3 Å². The molecule has 3 rings (SSSR count). The molecule has 8 nitrogen and oxygen atoms in total. The van der Waals surface area contributed by atoms with Gasteiger partial charge in [0.25, 0.3) is 5.91 Å². The quantitative estimate of drug-likeness (QED) is 0.185. The normalized spacial score (nSPS) is 11.4. The highest BCUT2D eigenvalue weighted by Crippen LogP contribution is 2.23. The third kappa shape index (κ3) is 7.22. The Balaban J connectivity index is 1.62. The number of hydrazone groups is 1. The zero-order chi connectivity index (χ0) is 24.7. The van der Waals surface area contributed by atoms with E-state index in [1.54, 1.807) is 42.5 Å². The number of carbonyl (C=O) groups excluding carboxylic acids is 2. The lowest BCUT2D eigenvalue weighted by atomic mass is 10.1. The molecule has 0 spiro atoms. The van der Waals surface area contributed by atoms with Crippen molar-refractivity contribution in [1.29, 1.82) is 0 Å². The van der Waals surface area contributed by atoms with E-state index < -0.39 is 28.4 Å². The largest absolute Gasteiger partial charge is 0.422 e. The number of rotatable bonds is 8. The van der Waals surface area contributed by atoms with E-state index in [0.29, 0.717) is 20.6 Å². The molecule has 0 unspecified atom stereocenters. The summed E-state index contributed by atoms with van der Waals surface area (Å²) in [6.07, 6.45) is 1.29. The molecule has 0 aliphatic heterocycles. The molecule has 0 aromatic heterocycles. The lowest BCUT2D eigenvalue weighted by Gasteiger charge is -2.08. The Hall–Kier alpha value is -3.05. The lowest BCUT2D eigenvalue weighted by Crippen LogP contribution is -2.34. The van der Waals surface area contributed by atoms with Gasteiger partial charge < -0.3 is 4.74 Å². The maximum Gasteiger partial charge on any atom is 0.343 e. The van der Waals surface area contributed by atoms with Gasteiger partial charge in [0, 0.05) is 15.1 Å². The summed E-state index contributed by atoms with van der Waals surface area (Å²) in [5.41, 5.74) is 4.04. The second-order valence-electron chi connectivity index (χ2n) is 7.01. The van der Waals surface area contributed by atoms with Crippen molar-refractivity contribution in [2.45, 2.75) is 11.8 Å². The number of hydrogen-bond donors (Lipinski definition) is 2. The Labute approximate surface area is 210 Å². The van der Waals surface area contributed by atoms with Crippen molar-refractivity contribution in [2.24, 2.45) is 5.10 Å². The molecule has 11 heteroatoms. The summed E-state index contributed by atoms with van der Waals surface area (Å²) in [4.78, 5) is 24.5. The van der Waals surface area contributed by atoms with Crippen molar-refractivity contribution < 1.29 is 22.7 Å². The van der Waals surface area contributed by atoms with Crippen molar-refractivity contribution in [1.82, 2.24) is 10.1 Å². The Morgan fingerprint density at radius 3 is 2.41 bits per heavy atom. The summed E-state index contributed by atoms with van der Waals surface area (Å²) >= 11 is 9.09. The van der Waals surface area contributed by atoms with Crippen LogP contribution < -0.4 is 14.9 Å². The Bertz CT molecular complexity index is 1330. The molecule has 0 radical (unpaired) electrons. The van der Waals surface area contributed by atoms with Crippen molar-refractivity contribution in [3.63, 3.8) is 0 Å². The number of esters is 1. The second-order valence-corrected chi connectivity index (χ2v) is 10.1. The van der Waals surface area contributed by atoms with E-state index in [1.807, 2.05) is 6.92 Å². The maximum absolute atomic E-state index is 12.4. The van der Waals surface area contributed by atoms with E-state index >= 15 is 0 Å². The van der Waals surface area contributed by atoms with E-state index in [9.17, 15) is 18.0 Å². The van der Waals surface area contributed by atoms with Crippen molar-refractivity contribution in [2.75, 3.05) is 6.54 Å². The van der Waals surface area contributed by atoms with Gasteiger partial charge in [-0.3, -0.25) is 4.79 Å². The third-order valence-corrected chi connectivity index (χ3v) is 6.56. The monoisotopic (exact) mass is 563 g/mol. The topological polar surface area (TPSA) is 114 Å². The van der Waals surface area contributed by atoms with Crippen LogP contribution in [0.5, 0.6) is 5.75 Å². The van der Waals surface area contributed by atoms with Gasteiger partial charge in [-0.25, -0.2) is 23.4 Å². The van der Waals surface area contributed by atoms with Crippen LogP contribution >= 0.6 is 27.5 Å². The fourth-order valence-electron chi connectivity index (χ4n) is 2.63. The maximum atomic E-state index is 12.4. The van der Waals surface area contributed by atoms with Gasteiger partial charge >= 0.3 is 5.97 Å². The first-order valence-corrected chi connectivity index (χ1v) is 12.4. The minimum Gasteiger partial charge on any atom is -0.422 e. The molecule has 0 bridgehead atoms. The first-order chi connectivity index (χ1) is 16.1. The van der Waals surface area contributed by atoms with Crippen LogP contribution in [-0.4, -0.2) is 33.1 Å². The molecule has 3 aromatic rings. The molecule has 0 saturated carbocycles. The molecule has 0 aliphatic carbocycles. The molecule has 176 valence electrons. The Kier molecular flexibility index (Phi) is 8.56. The minimum atomic E-state index is -3.89. The summed E-state index contributed by atoms with van der Waals surface area (Å²) in [5.74, 6) is -1.00. The summed E-state index contributed by atoms with van der Waals surface area (Å²) in [6, 6.07) is 17.4. The molecule has 0 aliphatic rings. The highest BCUT2D eigenvalue weighted by atomic mass is 79.9. The molecule has 0 saturated heterocycles. The highest BCUT2D eigenvalue weighted by molar-refractivity contribution is 9.10. The van der Waals surface area contributed by atoms with Crippen molar-refractivity contribution in [3.8, 4) is 5.75 Å². The van der Waals surface area contributed by atoms with E-state index in [0.717, 1.165) is 5.56 Å². The average molecular weight is 565 g/mol. The van der Waals surface area contributed by atoms with Crippen LogP contribution in [0.3, 0.4) is 0 Å². The first-order valence-electron chi connectivity index (χ1n) is 9.79. The first kappa shape index (κ1) is 25.6. The zero-order valence-electron chi connectivity index (χ0n) is 17.8. The van der Waals surface area contributed by atoms with E-state index in [2.05, 4.69) is 31.2 Å². The molecule has 1 amide bonds. The Morgan fingerprint density at radius 1 is 1.06 bits per heavy atom. The molecule has 34 heavy (non-hydrogen) atoms. The van der Waals surface area contributed by atoms with Crippen molar-refractivity contribution in [3.05, 3.63) is 92.9 Å². The summed E-state index contributed by atoms with van der Waals surface area (Å²) < 4.78 is 32.8. The van der Waals surface area contributed by atoms with E-state index in [1.165, 1.54) is 30.5 Å². The van der Waals surface area contributed by atoms with Gasteiger partial charge in [0.05, 0.1) is 23.2 Å². The van der Waals surface area contributed by atoms with Crippen LogP contribution in [-0.2, 0) is 14.8 Å². The summed E-state index contributed by atoms with van der Waals surface area (Å²) in [7, 11) is -3.89. The van der Waals surface area contributed by atoms with Gasteiger partial charge in [-0.2, -0.15) is 5.10 Å². The standard InChI is InChI=1S/C23H19BrClN3O5S/c1-15-2-4-16(5-3-15)23(30)33-21-11-6-18(24)12-17(21)13-26-28-22(29)14-27-34(31,32)20-9-7-19(25)8-10-20/h2-13,27H,14H2,1H3,(H,28,29)/b26-13-. The van der Waals surface area contributed by atoms with Gasteiger partial charge in [0.15, 0.2) is 0 Å². The van der Waals surface area contributed by atoms with Gasteiger partial charge in [-0.15, -0.1) is 0 Å². The van der Waals surface area contributed by atoms with Crippen LogP contribution in [0.15, 0.2) is 81.2 Å². The molecule has 3 aromatic carbocycles. The van der Waals surface area contributed by atoms with Gasteiger partial charge in [-0.1, -0.05) is 45.2 Å². The van der Waals surface area contributed by atoms with E-state index in [-0.39, 0.29) is 10.6 Å². The number of amides is 1. The third-order valence-electron chi connectivity index (χ3n) is 4.40. The Morgan fingerprint density at radius 2 is 1.74 bits per heavy atom. The van der Waals surface area contributed by atoms with Crippen LogP contribution in [0.4, 0.5) is 0 Å². The predicted molar refractivity (Wildman–Crippen MR) is 133 cm³/mol. The minimum absolute atomic E-state index is 0.0256. The van der Waals surface area contributed by atoms with Crippen LogP contribution in [0.25, 0.3) is 0 Å². The SMILES string of the molecule is Cc1ccc(C(=O)Oc2ccc(Br)cc2/C=N\NC(=O)CNS(=O)(=O)c2ccc(Cl)cc2)cc1. The molecular weight excluding hydrogens is 546 g/mol. The molecule has 0 heterocycles. The zero-order valence-corrected chi connectivity index (χ0v) is 20.9. The van der Waals surface area contributed by atoms with Crippen LogP contribution in [0.2, 0.25) is 5.02 Å². The molecule has 0 fully saturated rings. The van der Waals surface area contributed by atoms with Crippen molar-refractivity contribution >= 4 is 55.6 Å². The molecule has 2 N–H and O–H groups in total. The predicted octanol–water partition coefficient (Wildman–Crippen LogP) is 4.06.